The zero-order valence-electron chi connectivity index (χ0n) is 33.5. The Kier molecular flexibility index (Phi) is 14.6. The Morgan fingerprint density at radius 2 is 1.19 bits per heavy atom. The van der Waals surface area contributed by atoms with Crippen molar-refractivity contribution in [1.29, 1.82) is 0 Å². The quantitative estimate of drug-likeness (QED) is 0.131. The van der Waals surface area contributed by atoms with E-state index in [9.17, 15) is 9.90 Å². The van der Waals surface area contributed by atoms with Crippen LogP contribution in [0.2, 0.25) is 0 Å². The Morgan fingerprint density at radius 1 is 0.737 bits per heavy atom. The number of hydrogen-bond donors (Lipinski definition) is 1. The molecule has 6 rings (SSSR count). The molecule has 1 unspecified atom stereocenters. The summed E-state index contributed by atoms with van der Waals surface area (Å²) in [6.45, 7) is 10.3. The van der Waals surface area contributed by atoms with Crippen molar-refractivity contribution in [2.45, 2.75) is 115 Å². The number of carbonyl (C=O) groups excluding carboxylic acids is 1. The van der Waals surface area contributed by atoms with Gasteiger partial charge in [-0.25, -0.2) is 4.79 Å². The van der Waals surface area contributed by atoms with E-state index in [1.807, 2.05) is 121 Å². The van der Waals surface area contributed by atoms with Crippen molar-refractivity contribution in [3.63, 3.8) is 0 Å². The Balaban J connectivity index is 1.34. The molecule has 2 saturated heterocycles. The fourth-order valence-electron chi connectivity index (χ4n) is 6.90. The lowest BCUT2D eigenvalue weighted by atomic mass is 9.93. The Labute approximate surface area is 336 Å². The van der Waals surface area contributed by atoms with Crippen molar-refractivity contribution in [3.8, 4) is 11.8 Å². The number of aliphatic hydroxyl groups is 1. The van der Waals surface area contributed by atoms with E-state index in [1.165, 1.54) is 4.90 Å². The van der Waals surface area contributed by atoms with Gasteiger partial charge in [-0.2, -0.15) is 0 Å². The number of amides is 1. The number of rotatable bonds is 14. The first kappa shape index (κ1) is 42.0. The fourth-order valence-corrected chi connectivity index (χ4v) is 6.90. The molecule has 10 heteroatoms. The number of nitrogens with zero attached hydrogens (tertiary/aromatic N) is 1. The number of benzene rings is 4. The molecule has 2 fully saturated rings. The van der Waals surface area contributed by atoms with Crippen molar-refractivity contribution in [2.24, 2.45) is 0 Å². The second-order valence-electron chi connectivity index (χ2n) is 15.8. The first-order valence-corrected chi connectivity index (χ1v) is 19.6. The Bertz CT molecular complexity index is 1880. The van der Waals surface area contributed by atoms with Gasteiger partial charge in [-0.1, -0.05) is 133 Å². The lowest BCUT2D eigenvalue weighted by Crippen LogP contribution is -2.61. The highest BCUT2D eigenvalue weighted by Gasteiger charge is 2.50. The minimum Gasteiger partial charge on any atom is -0.444 e. The molecule has 4 aromatic rings. The predicted octanol–water partition coefficient (Wildman–Crippen LogP) is 7.46. The van der Waals surface area contributed by atoms with Gasteiger partial charge >= 0.3 is 6.09 Å². The van der Waals surface area contributed by atoms with Crippen LogP contribution in [0.3, 0.4) is 0 Å². The van der Waals surface area contributed by atoms with Crippen LogP contribution in [-0.2, 0) is 59.6 Å². The summed E-state index contributed by atoms with van der Waals surface area (Å²) in [5, 5.41) is 11.7. The number of hydrogen-bond acceptors (Lipinski definition) is 9. The summed E-state index contributed by atoms with van der Waals surface area (Å²) in [5.74, 6) is 6.22. The maximum atomic E-state index is 13.4. The second kappa shape index (κ2) is 19.7. The Morgan fingerprint density at radius 3 is 1.68 bits per heavy atom. The summed E-state index contributed by atoms with van der Waals surface area (Å²) >= 11 is 0. The van der Waals surface area contributed by atoms with Crippen molar-refractivity contribution < 1.29 is 43.1 Å². The molecule has 0 bridgehead atoms. The van der Waals surface area contributed by atoms with Gasteiger partial charge in [0.25, 0.3) is 0 Å². The molecule has 1 amide bonds. The Hall–Kier alpha value is -4.57. The first-order chi connectivity index (χ1) is 27.5. The molecule has 0 radical (unpaired) electrons. The highest BCUT2D eigenvalue weighted by atomic mass is 16.6. The van der Waals surface area contributed by atoms with Crippen molar-refractivity contribution >= 4 is 6.09 Å². The average molecular weight is 778 g/mol. The minimum atomic E-state index is -1.30. The molecule has 302 valence electrons. The molecule has 0 aliphatic carbocycles. The molecule has 2 aliphatic heterocycles. The van der Waals surface area contributed by atoms with Gasteiger partial charge in [0.2, 0.25) is 0 Å². The fraction of sp³-hybridized carbons (Fsp3) is 0.426. The van der Waals surface area contributed by atoms with E-state index < -0.39 is 60.1 Å². The summed E-state index contributed by atoms with van der Waals surface area (Å²) in [4.78, 5) is 14.8. The van der Waals surface area contributed by atoms with Crippen molar-refractivity contribution in [2.75, 3.05) is 13.2 Å². The molecule has 4 aromatic carbocycles. The number of carbonyl (C=O) groups is 1. The summed E-state index contributed by atoms with van der Waals surface area (Å²) in [6, 6.07) is 38.9. The van der Waals surface area contributed by atoms with Crippen LogP contribution < -0.4 is 0 Å². The van der Waals surface area contributed by atoms with E-state index in [2.05, 4.69) is 11.8 Å². The summed E-state index contributed by atoms with van der Waals surface area (Å²) in [6.07, 6.45) is -5.52. The zero-order valence-corrected chi connectivity index (χ0v) is 33.5. The van der Waals surface area contributed by atoms with Gasteiger partial charge in [-0.15, -0.1) is 0 Å². The van der Waals surface area contributed by atoms with Gasteiger partial charge in [-0.3, -0.25) is 4.90 Å². The van der Waals surface area contributed by atoms with Gasteiger partial charge in [-0.05, 0) is 56.9 Å². The second-order valence-corrected chi connectivity index (χ2v) is 15.8. The normalized spacial score (nSPS) is 23.6. The van der Waals surface area contributed by atoms with Gasteiger partial charge < -0.3 is 38.3 Å². The van der Waals surface area contributed by atoms with E-state index >= 15 is 0 Å². The van der Waals surface area contributed by atoms with Crippen LogP contribution in [0.15, 0.2) is 121 Å². The SMILES string of the molecule is CC(C)(C)OC(=O)N1[C@H](C(O)C#C[C@@H]2O[C@H](COCc3ccccc3)[C@H](OCc3ccccc3)[C@H](OCc3ccccc3)[C@H]2OCc2ccccc2)COC1(C)C. The largest absolute Gasteiger partial charge is 0.444 e. The lowest BCUT2D eigenvalue weighted by molar-refractivity contribution is -0.261. The van der Waals surface area contributed by atoms with Crippen LogP contribution in [0.1, 0.15) is 56.9 Å². The maximum absolute atomic E-state index is 13.4. The van der Waals surface area contributed by atoms with Gasteiger partial charge in [0, 0.05) is 0 Å². The van der Waals surface area contributed by atoms with E-state index in [0.717, 1.165) is 22.3 Å². The van der Waals surface area contributed by atoms with Gasteiger partial charge in [0.15, 0.2) is 0 Å². The third-order valence-electron chi connectivity index (χ3n) is 9.73. The number of aliphatic hydroxyl groups excluding tert-OH is 1. The lowest BCUT2D eigenvalue weighted by Gasteiger charge is -2.45. The molecular formula is C47H55NO9. The molecule has 2 aliphatic rings. The monoisotopic (exact) mass is 777 g/mol. The van der Waals surface area contributed by atoms with Crippen LogP contribution in [0.25, 0.3) is 0 Å². The highest BCUT2D eigenvalue weighted by Crippen LogP contribution is 2.33. The molecule has 10 nitrogen and oxygen atoms in total. The van der Waals surface area contributed by atoms with Gasteiger partial charge in [0.1, 0.15) is 47.9 Å². The van der Waals surface area contributed by atoms with Crippen LogP contribution in [-0.4, -0.2) is 83.3 Å². The molecule has 1 N–H and O–H groups in total. The summed E-state index contributed by atoms with van der Waals surface area (Å²) in [5.41, 5.74) is 2.17. The van der Waals surface area contributed by atoms with Crippen LogP contribution in [0.5, 0.6) is 0 Å². The smallest absolute Gasteiger partial charge is 0.413 e. The molecule has 0 saturated carbocycles. The zero-order chi connectivity index (χ0) is 40.3. The molecular weight excluding hydrogens is 723 g/mol. The number of ether oxygens (including phenoxy) is 7. The van der Waals surface area contributed by atoms with Crippen LogP contribution in [0.4, 0.5) is 4.79 Å². The van der Waals surface area contributed by atoms with E-state index in [1.54, 1.807) is 34.6 Å². The molecule has 7 atom stereocenters. The predicted molar refractivity (Wildman–Crippen MR) is 215 cm³/mol. The van der Waals surface area contributed by atoms with Gasteiger partial charge in [0.05, 0.1) is 45.7 Å². The summed E-state index contributed by atoms with van der Waals surface area (Å²) in [7, 11) is 0. The third-order valence-corrected chi connectivity index (χ3v) is 9.73. The topological polar surface area (TPSA) is 105 Å². The standard InChI is InChI=1S/C47H55NO9/c1-46(2,3)57-45(50)48-38(32-55-47(48,4)5)39(49)26-27-40-42(52-29-35-20-12-7-13-21-35)44(54-31-37-24-16-9-17-25-37)43(53-30-36-22-14-8-15-23-36)41(56-40)33-51-28-34-18-10-6-11-19-34/h6-25,38-44,49H,28-33H2,1-5H3/t38-,39?,40-,41+,42-,43-,44+/m0/s1. The van der Waals surface area contributed by atoms with Crippen molar-refractivity contribution in [3.05, 3.63) is 144 Å². The molecule has 57 heavy (non-hydrogen) atoms. The maximum Gasteiger partial charge on any atom is 0.413 e. The summed E-state index contributed by atoms with van der Waals surface area (Å²) < 4.78 is 45.1. The van der Waals surface area contributed by atoms with E-state index in [4.69, 9.17) is 33.2 Å². The van der Waals surface area contributed by atoms with Crippen molar-refractivity contribution in [1.82, 2.24) is 4.90 Å². The highest BCUT2D eigenvalue weighted by molar-refractivity contribution is 5.70. The molecule has 2 heterocycles. The molecule has 0 spiro atoms. The van der Waals surface area contributed by atoms with Crippen LogP contribution in [0, 0.1) is 11.8 Å². The van der Waals surface area contributed by atoms with Crippen LogP contribution >= 0.6 is 0 Å². The minimum absolute atomic E-state index is 0.0652. The first-order valence-electron chi connectivity index (χ1n) is 19.6. The van der Waals surface area contributed by atoms with E-state index in [-0.39, 0.29) is 26.4 Å². The van der Waals surface area contributed by atoms with E-state index in [0.29, 0.717) is 13.2 Å². The molecule has 0 aromatic heterocycles. The third kappa shape index (κ3) is 12.0. The average Bonchev–Trinajstić information content (AvgIpc) is 3.53.